The van der Waals surface area contributed by atoms with Crippen LogP contribution in [0.25, 0.3) is 10.9 Å². The average Bonchev–Trinajstić information content (AvgIpc) is 2.96. The van der Waals surface area contributed by atoms with Gasteiger partial charge in [-0.1, -0.05) is 18.2 Å². The predicted octanol–water partition coefficient (Wildman–Crippen LogP) is 1.43. The molecule has 1 spiro atoms. The molecule has 2 fully saturated rings. The van der Waals surface area contributed by atoms with Crippen LogP contribution in [0.15, 0.2) is 24.3 Å². The number of likely N-dealkylation sites (tertiary alicyclic amines) is 1. The molecular formula is C19H27N5O. The van der Waals surface area contributed by atoms with E-state index in [1.54, 1.807) is 4.68 Å². The normalized spacial score (nSPS) is 22.0. The Morgan fingerprint density at radius 3 is 2.52 bits per heavy atom. The zero-order valence-corrected chi connectivity index (χ0v) is 15.4. The van der Waals surface area contributed by atoms with Gasteiger partial charge < -0.3 is 9.80 Å². The Morgan fingerprint density at radius 2 is 1.76 bits per heavy atom. The van der Waals surface area contributed by atoms with E-state index in [0.29, 0.717) is 5.69 Å². The van der Waals surface area contributed by atoms with E-state index in [-0.39, 0.29) is 11.4 Å². The first-order valence-electron chi connectivity index (χ1n) is 9.11. The van der Waals surface area contributed by atoms with Gasteiger partial charge in [-0.05, 0) is 33.0 Å². The number of para-hydroxylation sites is 1. The average molecular weight is 341 g/mol. The molecule has 0 bridgehead atoms. The fourth-order valence-corrected chi connectivity index (χ4v) is 4.45. The number of hydrogen-bond donors (Lipinski definition) is 0. The summed E-state index contributed by atoms with van der Waals surface area (Å²) in [5, 5.41) is 5.45. The zero-order valence-electron chi connectivity index (χ0n) is 15.4. The summed E-state index contributed by atoms with van der Waals surface area (Å²) in [5.74, 6) is 0.0680. The molecule has 2 aliphatic rings. The van der Waals surface area contributed by atoms with Crippen molar-refractivity contribution in [1.82, 2.24) is 24.5 Å². The number of nitrogens with zero attached hydrogens (tertiary/aromatic N) is 5. The lowest BCUT2D eigenvalue weighted by atomic mass is 9.83. The highest BCUT2D eigenvalue weighted by atomic mass is 16.2. The third kappa shape index (κ3) is 2.73. The van der Waals surface area contributed by atoms with Gasteiger partial charge in [-0.2, -0.15) is 5.10 Å². The molecule has 0 saturated carbocycles. The Balaban J connectivity index is 1.53. The van der Waals surface area contributed by atoms with Crippen molar-refractivity contribution in [3.8, 4) is 0 Å². The number of carbonyl (C=O) groups is 1. The number of benzene rings is 1. The molecule has 4 rings (SSSR count). The number of likely N-dealkylation sites (N-methyl/N-ethyl adjacent to an activating group) is 2. The minimum absolute atomic E-state index is 0.0680. The monoisotopic (exact) mass is 341 g/mol. The molecule has 2 saturated heterocycles. The van der Waals surface area contributed by atoms with Crippen molar-refractivity contribution < 1.29 is 4.79 Å². The highest BCUT2D eigenvalue weighted by molar-refractivity contribution is 6.04. The van der Waals surface area contributed by atoms with E-state index in [0.717, 1.165) is 56.5 Å². The van der Waals surface area contributed by atoms with Gasteiger partial charge >= 0.3 is 0 Å². The van der Waals surface area contributed by atoms with E-state index in [1.165, 1.54) is 0 Å². The molecule has 1 amide bonds. The summed E-state index contributed by atoms with van der Waals surface area (Å²) in [6, 6.07) is 7.96. The number of aryl methyl sites for hydroxylation is 1. The second kappa shape index (κ2) is 6.11. The van der Waals surface area contributed by atoms with Gasteiger partial charge in [0.1, 0.15) is 0 Å². The molecule has 1 aromatic heterocycles. The van der Waals surface area contributed by atoms with Crippen LogP contribution >= 0.6 is 0 Å². The van der Waals surface area contributed by atoms with Crippen LogP contribution in [0.4, 0.5) is 0 Å². The molecule has 3 heterocycles. The molecule has 1 aromatic carbocycles. The van der Waals surface area contributed by atoms with Crippen LogP contribution in [-0.2, 0) is 7.05 Å². The number of piperidine rings is 1. The van der Waals surface area contributed by atoms with Crippen LogP contribution in [0.1, 0.15) is 23.3 Å². The summed E-state index contributed by atoms with van der Waals surface area (Å²) in [5.41, 5.74) is 1.81. The number of rotatable bonds is 1. The van der Waals surface area contributed by atoms with E-state index >= 15 is 0 Å². The molecule has 0 unspecified atom stereocenters. The maximum atomic E-state index is 13.1. The number of carbonyl (C=O) groups excluding carboxylic acids is 1. The molecule has 6 heteroatoms. The van der Waals surface area contributed by atoms with Gasteiger partial charge in [0.25, 0.3) is 5.91 Å². The van der Waals surface area contributed by atoms with Gasteiger partial charge in [0.2, 0.25) is 0 Å². The summed E-state index contributed by atoms with van der Waals surface area (Å²) in [4.78, 5) is 20.0. The Hall–Kier alpha value is -1.92. The van der Waals surface area contributed by atoms with Crippen molar-refractivity contribution in [2.75, 3.05) is 46.8 Å². The Morgan fingerprint density at radius 1 is 1.04 bits per heavy atom. The van der Waals surface area contributed by atoms with Gasteiger partial charge in [-0.15, -0.1) is 0 Å². The standard InChI is InChI=1S/C19H27N5O/c1-21-12-13-22(2)19(14-21)8-10-24(11-9-19)18(25)17-15-6-4-5-7-16(15)23(3)20-17/h4-7H,8-14H2,1-3H3. The number of piperazine rings is 1. The number of aromatic nitrogens is 2. The van der Waals surface area contributed by atoms with E-state index in [9.17, 15) is 4.79 Å². The minimum atomic E-state index is 0.0680. The highest BCUT2D eigenvalue weighted by Gasteiger charge is 2.42. The molecular weight excluding hydrogens is 314 g/mol. The van der Waals surface area contributed by atoms with Crippen LogP contribution in [0.2, 0.25) is 0 Å². The SMILES string of the molecule is CN1CCN(C)C2(CCN(C(=O)c3nn(C)c4ccccc34)CC2)C1. The van der Waals surface area contributed by atoms with Crippen LogP contribution in [0.3, 0.4) is 0 Å². The Bertz CT molecular complexity index is 790. The number of hydrogen-bond acceptors (Lipinski definition) is 4. The predicted molar refractivity (Wildman–Crippen MR) is 98.7 cm³/mol. The lowest BCUT2D eigenvalue weighted by molar-refractivity contribution is -0.0158. The summed E-state index contributed by atoms with van der Waals surface area (Å²) >= 11 is 0. The fraction of sp³-hybridized carbons (Fsp3) is 0.579. The Kier molecular flexibility index (Phi) is 4.04. The zero-order chi connectivity index (χ0) is 17.6. The fourth-order valence-electron chi connectivity index (χ4n) is 4.45. The maximum absolute atomic E-state index is 13.1. The summed E-state index contributed by atoms with van der Waals surface area (Å²) in [6.45, 7) is 4.94. The van der Waals surface area contributed by atoms with E-state index in [4.69, 9.17) is 0 Å². The maximum Gasteiger partial charge on any atom is 0.275 e. The number of fused-ring (bicyclic) bond motifs is 1. The Labute approximate surface area is 149 Å². The summed E-state index contributed by atoms with van der Waals surface area (Å²) in [7, 11) is 6.33. The summed E-state index contributed by atoms with van der Waals surface area (Å²) in [6.07, 6.45) is 2.06. The van der Waals surface area contributed by atoms with Crippen LogP contribution in [0.5, 0.6) is 0 Å². The highest BCUT2D eigenvalue weighted by Crippen LogP contribution is 2.32. The van der Waals surface area contributed by atoms with E-state index in [2.05, 4.69) is 29.0 Å². The summed E-state index contributed by atoms with van der Waals surface area (Å²) < 4.78 is 1.80. The van der Waals surface area contributed by atoms with Crippen molar-refractivity contribution in [3.63, 3.8) is 0 Å². The first-order chi connectivity index (χ1) is 12.0. The van der Waals surface area contributed by atoms with Crippen LogP contribution in [0, 0.1) is 0 Å². The molecule has 25 heavy (non-hydrogen) atoms. The molecule has 134 valence electrons. The van der Waals surface area contributed by atoms with Gasteiger partial charge in [0.15, 0.2) is 5.69 Å². The second-order valence-electron chi connectivity index (χ2n) is 7.67. The lowest BCUT2D eigenvalue weighted by Gasteiger charge is -2.52. The smallest absolute Gasteiger partial charge is 0.275 e. The van der Waals surface area contributed by atoms with Gasteiger partial charge in [0.05, 0.1) is 5.52 Å². The van der Waals surface area contributed by atoms with Crippen LogP contribution in [-0.4, -0.2) is 82.7 Å². The van der Waals surface area contributed by atoms with Crippen LogP contribution < -0.4 is 0 Å². The van der Waals surface area contributed by atoms with E-state index in [1.807, 2.05) is 36.2 Å². The topological polar surface area (TPSA) is 44.6 Å². The molecule has 0 atom stereocenters. The van der Waals surface area contributed by atoms with Gasteiger partial charge in [0, 0.05) is 50.7 Å². The third-order valence-electron chi connectivity index (χ3n) is 6.13. The number of amides is 1. The lowest BCUT2D eigenvalue weighted by Crippen LogP contribution is -2.64. The molecule has 0 radical (unpaired) electrons. The van der Waals surface area contributed by atoms with Crippen molar-refractivity contribution in [2.24, 2.45) is 7.05 Å². The van der Waals surface area contributed by atoms with E-state index < -0.39 is 0 Å². The first-order valence-corrected chi connectivity index (χ1v) is 9.11. The molecule has 0 N–H and O–H groups in total. The van der Waals surface area contributed by atoms with Gasteiger partial charge in [-0.25, -0.2) is 0 Å². The second-order valence-corrected chi connectivity index (χ2v) is 7.67. The van der Waals surface area contributed by atoms with Crippen molar-refractivity contribution in [2.45, 2.75) is 18.4 Å². The van der Waals surface area contributed by atoms with Gasteiger partial charge in [-0.3, -0.25) is 14.4 Å². The van der Waals surface area contributed by atoms with Crippen molar-refractivity contribution >= 4 is 16.8 Å². The molecule has 0 aliphatic carbocycles. The quantitative estimate of drug-likeness (QED) is 0.787. The molecule has 6 nitrogen and oxygen atoms in total. The van der Waals surface area contributed by atoms with Crippen molar-refractivity contribution in [3.05, 3.63) is 30.0 Å². The third-order valence-corrected chi connectivity index (χ3v) is 6.13. The minimum Gasteiger partial charge on any atom is -0.337 e. The first kappa shape index (κ1) is 16.5. The molecule has 2 aromatic rings. The largest absolute Gasteiger partial charge is 0.337 e. The van der Waals surface area contributed by atoms with Crippen molar-refractivity contribution in [1.29, 1.82) is 0 Å². The molecule has 2 aliphatic heterocycles.